The predicted octanol–water partition coefficient (Wildman–Crippen LogP) is 3.38. The highest BCUT2D eigenvalue weighted by molar-refractivity contribution is 6.01. The Bertz CT molecular complexity index is 797. The Morgan fingerprint density at radius 3 is 2.59 bits per heavy atom. The molecule has 0 aliphatic heterocycles. The first-order valence-electron chi connectivity index (χ1n) is 9.28. The fraction of sp³-hybridized carbons (Fsp3) is 0.381. The summed E-state index contributed by atoms with van der Waals surface area (Å²) in [5.74, 6) is -0.175. The number of carbonyl (C=O) groups is 2. The molecule has 0 N–H and O–H groups in total. The number of anilines is 1. The molecule has 1 aromatic carbocycles. The van der Waals surface area contributed by atoms with Crippen molar-refractivity contribution in [3.63, 3.8) is 0 Å². The van der Waals surface area contributed by atoms with Crippen molar-refractivity contribution in [1.29, 1.82) is 0 Å². The highest BCUT2D eigenvalue weighted by atomic mass is 16.2. The predicted molar refractivity (Wildman–Crippen MR) is 107 cm³/mol. The molecule has 6 heteroatoms. The average Bonchev–Trinajstić information content (AvgIpc) is 3.11. The van der Waals surface area contributed by atoms with E-state index in [4.69, 9.17) is 0 Å². The number of benzene rings is 1. The molecule has 0 aliphatic rings. The monoisotopic (exact) mass is 368 g/mol. The van der Waals surface area contributed by atoms with Gasteiger partial charge >= 0.3 is 0 Å². The third-order valence-corrected chi connectivity index (χ3v) is 4.39. The number of aromatic nitrogens is 2. The molecule has 1 aromatic heterocycles. The number of nitrogens with zero attached hydrogens (tertiary/aromatic N) is 4. The molecule has 0 atom stereocenters. The van der Waals surface area contributed by atoms with E-state index < -0.39 is 0 Å². The SMILES string of the molecule is C=CC(=O)N(Cc1cnn(CCC)c1)c1ccccc1CN(CC)C(C)=O. The Morgan fingerprint density at radius 1 is 1.22 bits per heavy atom. The Kier molecular flexibility index (Phi) is 7.34. The molecular weight excluding hydrogens is 340 g/mol. The molecule has 1 heterocycles. The van der Waals surface area contributed by atoms with Gasteiger partial charge < -0.3 is 9.80 Å². The van der Waals surface area contributed by atoms with Crippen LogP contribution in [0.25, 0.3) is 0 Å². The number of hydrogen-bond acceptors (Lipinski definition) is 3. The van der Waals surface area contributed by atoms with E-state index in [1.807, 2.05) is 42.1 Å². The van der Waals surface area contributed by atoms with Crippen molar-refractivity contribution in [1.82, 2.24) is 14.7 Å². The van der Waals surface area contributed by atoms with E-state index in [9.17, 15) is 9.59 Å². The molecule has 0 spiro atoms. The summed E-state index contributed by atoms with van der Waals surface area (Å²) in [5.41, 5.74) is 2.66. The maximum Gasteiger partial charge on any atom is 0.250 e. The van der Waals surface area contributed by atoms with E-state index in [0.29, 0.717) is 19.6 Å². The minimum absolute atomic E-state index is 0.00902. The molecule has 0 bridgehead atoms. The van der Waals surface area contributed by atoms with E-state index >= 15 is 0 Å². The summed E-state index contributed by atoms with van der Waals surface area (Å²) in [7, 11) is 0. The molecule has 6 nitrogen and oxygen atoms in total. The van der Waals surface area contributed by atoms with Crippen molar-refractivity contribution in [3.05, 3.63) is 60.4 Å². The third-order valence-electron chi connectivity index (χ3n) is 4.39. The quantitative estimate of drug-likeness (QED) is 0.638. The zero-order valence-electron chi connectivity index (χ0n) is 16.4. The largest absolute Gasteiger partial charge is 0.339 e. The number of hydrogen-bond donors (Lipinski definition) is 0. The second kappa shape index (κ2) is 9.71. The molecule has 27 heavy (non-hydrogen) atoms. The Morgan fingerprint density at radius 2 is 1.96 bits per heavy atom. The number of rotatable bonds is 9. The van der Waals surface area contributed by atoms with Gasteiger partial charge in [0.2, 0.25) is 5.91 Å². The topological polar surface area (TPSA) is 58.4 Å². The van der Waals surface area contributed by atoms with Crippen molar-refractivity contribution in [2.75, 3.05) is 11.4 Å². The fourth-order valence-corrected chi connectivity index (χ4v) is 2.97. The van der Waals surface area contributed by atoms with Gasteiger partial charge in [0.05, 0.1) is 12.7 Å². The maximum absolute atomic E-state index is 12.6. The zero-order valence-corrected chi connectivity index (χ0v) is 16.4. The average molecular weight is 368 g/mol. The van der Waals surface area contributed by atoms with Gasteiger partial charge in [-0.05, 0) is 31.1 Å². The first-order chi connectivity index (χ1) is 13.0. The summed E-state index contributed by atoms with van der Waals surface area (Å²) >= 11 is 0. The van der Waals surface area contributed by atoms with Gasteiger partial charge in [0.15, 0.2) is 0 Å². The molecule has 0 saturated carbocycles. The van der Waals surface area contributed by atoms with Gasteiger partial charge in [-0.2, -0.15) is 5.10 Å². The van der Waals surface area contributed by atoms with Crippen LogP contribution in [0.3, 0.4) is 0 Å². The summed E-state index contributed by atoms with van der Waals surface area (Å²) < 4.78 is 1.88. The molecule has 0 radical (unpaired) electrons. The van der Waals surface area contributed by atoms with Gasteiger partial charge in [-0.3, -0.25) is 14.3 Å². The summed E-state index contributed by atoms with van der Waals surface area (Å²) in [4.78, 5) is 27.8. The van der Waals surface area contributed by atoms with Gasteiger partial charge in [0.25, 0.3) is 5.91 Å². The van der Waals surface area contributed by atoms with E-state index in [-0.39, 0.29) is 11.8 Å². The molecule has 2 amide bonds. The van der Waals surface area contributed by atoms with Crippen LogP contribution in [0, 0.1) is 0 Å². The molecule has 0 aliphatic carbocycles. The molecular formula is C21H28N4O2. The van der Waals surface area contributed by atoms with Crippen LogP contribution < -0.4 is 4.90 Å². The van der Waals surface area contributed by atoms with Crippen LogP contribution in [-0.2, 0) is 29.2 Å². The van der Waals surface area contributed by atoms with Crippen molar-refractivity contribution in [2.24, 2.45) is 0 Å². The number of para-hydroxylation sites is 1. The van der Waals surface area contributed by atoms with Crippen LogP contribution >= 0.6 is 0 Å². The van der Waals surface area contributed by atoms with Crippen LogP contribution in [0.15, 0.2) is 49.3 Å². The Hall–Kier alpha value is -2.89. The molecule has 0 unspecified atom stereocenters. The highest BCUT2D eigenvalue weighted by Gasteiger charge is 2.19. The Balaban J connectivity index is 2.34. The van der Waals surface area contributed by atoms with Crippen LogP contribution in [0.2, 0.25) is 0 Å². The first-order valence-corrected chi connectivity index (χ1v) is 9.28. The van der Waals surface area contributed by atoms with Gasteiger partial charge in [0, 0.05) is 44.0 Å². The van der Waals surface area contributed by atoms with Crippen molar-refractivity contribution < 1.29 is 9.59 Å². The van der Waals surface area contributed by atoms with Crippen molar-refractivity contribution in [2.45, 2.75) is 46.8 Å². The van der Waals surface area contributed by atoms with Gasteiger partial charge in [-0.15, -0.1) is 0 Å². The smallest absolute Gasteiger partial charge is 0.250 e. The Labute approximate surface area is 161 Å². The van der Waals surface area contributed by atoms with Crippen molar-refractivity contribution >= 4 is 17.5 Å². The number of amides is 2. The molecule has 0 fully saturated rings. The van der Waals surface area contributed by atoms with E-state index in [1.165, 1.54) is 6.08 Å². The number of carbonyl (C=O) groups excluding carboxylic acids is 2. The second-order valence-corrected chi connectivity index (χ2v) is 6.40. The maximum atomic E-state index is 12.6. The molecule has 0 saturated heterocycles. The lowest BCUT2D eigenvalue weighted by Crippen LogP contribution is -2.32. The van der Waals surface area contributed by atoms with Gasteiger partial charge in [0.1, 0.15) is 0 Å². The van der Waals surface area contributed by atoms with Crippen molar-refractivity contribution in [3.8, 4) is 0 Å². The lowest BCUT2D eigenvalue weighted by molar-refractivity contribution is -0.129. The van der Waals surface area contributed by atoms with Crippen LogP contribution in [0.4, 0.5) is 5.69 Å². The normalized spacial score (nSPS) is 10.5. The summed E-state index contributed by atoms with van der Waals surface area (Å²) in [5, 5.41) is 4.35. The minimum atomic E-state index is -0.184. The summed E-state index contributed by atoms with van der Waals surface area (Å²) in [6, 6.07) is 7.67. The standard InChI is InChI=1S/C21H28N4O2/c1-5-12-24-14-18(13-22-24)15-25(21(27)6-2)20-11-9-8-10-19(20)16-23(7-3)17(4)26/h6,8-11,13-14H,2,5,7,12,15-16H2,1,3-4H3. The zero-order chi connectivity index (χ0) is 19.8. The summed E-state index contributed by atoms with van der Waals surface area (Å²) in [6.45, 7) is 11.6. The van der Waals surface area contributed by atoms with Gasteiger partial charge in [-0.1, -0.05) is 31.7 Å². The van der Waals surface area contributed by atoms with Crippen LogP contribution in [-0.4, -0.2) is 33.0 Å². The van der Waals surface area contributed by atoms with E-state index in [1.54, 1.807) is 22.9 Å². The summed E-state index contributed by atoms with van der Waals surface area (Å²) in [6.07, 6.45) is 6.06. The van der Waals surface area contributed by atoms with Crippen LogP contribution in [0.1, 0.15) is 38.3 Å². The molecule has 144 valence electrons. The lowest BCUT2D eigenvalue weighted by atomic mass is 10.1. The third kappa shape index (κ3) is 5.29. The number of aryl methyl sites for hydroxylation is 1. The fourth-order valence-electron chi connectivity index (χ4n) is 2.97. The molecule has 2 aromatic rings. The minimum Gasteiger partial charge on any atom is -0.339 e. The lowest BCUT2D eigenvalue weighted by Gasteiger charge is -2.26. The highest BCUT2D eigenvalue weighted by Crippen LogP contribution is 2.24. The second-order valence-electron chi connectivity index (χ2n) is 6.40. The van der Waals surface area contributed by atoms with Gasteiger partial charge in [-0.25, -0.2) is 0 Å². The van der Waals surface area contributed by atoms with Crippen LogP contribution in [0.5, 0.6) is 0 Å². The molecule has 2 rings (SSSR count). The first kappa shape index (κ1) is 20.4. The van der Waals surface area contributed by atoms with E-state index in [0.717, 1.165) is 29.8 Å². The van der Waals surface area contributed by atoms with E-state index in [2.05, 4.69) is 18.6 Å².